The van der Waals surface area contributed by atoms with Crippen LogP contribution in [0.5, 0.6) is 0 Å². The van der Waals surface area contributed by atoms with Crippen LogP contribution in [0.1, 0.15) is 65.7 Å². The summed E-state index contributed by atoms with van der Waals surface area (Å²) in [5.41, 5.74) is 0. The molecule has 0 saturated heterocycles. The first-order valence-corrected chi connectivity index (χ1v) is 7.22. The van der Waals surface area contributed by atoms with Crippen molar-refractivity contribution in [3.8, 4) is 0 Å². The molecule has 1 heteroatoms. The van der Waals surface area contributed by atoms with E-state index in [-0.39, 0.29) is 0 Å². The minimum Gasteiger partial charge on any atom is -0.122 e. The second-order valence-electron chi connectivity index (χ2n) is 5.61. The van der Waals surface area contributed by atoms with Gasteiger partial charge in [0.1, 0.15) is 0 Å². The fourth-order valence-electron chi connectivity index (χ4n) is 2.97. The number of rotatable bonds is 4. The summed E-state index contributed by atoms with van der Waals surface area (Å²) >= 11 is 6.49. The molecule has 3 atom stereocenters. The van der Waals surface area contributed by atoms with Crippen LogP contribution in [0, 0.1) is 17.8 Å². The zero-order valence-corrected chi connectivity index (χ0v) is 11.4. The standard InChI is InChI=1S/C14H27Cl/c1-4-6-12-7-5-8-13(10-9-12)14(15)11(2)3/h11-14H,4-10H2,1-3H3. The van der Waals surface area contributed by atoms with Gasteiger partial charge in [0.25, 0.3) is 0 Å². The van der Waals surface area contributed by atoms with E-state index in [4.69, 9.17) is 11.6 Å². The summed E-state index contributed by atoms with van der Waals surface area (Å²) in [4.78, 5) is 0. The van der Waals surface area contributed by atoms with Crippen molar-refractivity contribution in [2.24, 2.45) is 17.8 Å². The number of alkyl halides is 1. The molecule has 1 aliphatic carbocycles. The van der Waals surface area contributed by atoms with E-state index in [9.17, 15) is 0 Å². The van der Waals surface area contributed by atoms with Gasteiger partial charge in [-0.15, -0.1) is 11.6 Å². The third-order valence-electron chi connectivity index (χ3n) is 3.92. The zero-order chi connectivity index (χ0) is 11.3. The molecule has 15 heavy (non-hydrogen) atoms. The topological polar surface area (TPSA) is 0 Å². The summed E-state index contributed by atoms with van der Waals surface area (Å²) in [6.45, 7) is 6.82. The van der Waals surface area contributed by atoms with Crippen molar-refractivity contribution in [3.63, 3.8) is 0 Å². The van der Waals surface area contributed by atoms with E-state index in [1.54, 1.807) is 0 Å². The Hall–Kier alpha value is 0.290. The van der Waals surface area contributed by atoms with E-state index in [2.05, 4.69) is 20.8 Å². The first-order chi connectivity index (χ1) is 7.15. The highest BCUT2D eigenvalue weighted by Crippen LogP contribution is 2.35. The van der Waals surface area contributed by atoms with Crippen LogP contribution in [0.15, 0.2) is 0 Å². The van der Waals surface area contributed by atoms with Crippen molar-refractivity contribution in [1.82, 2.24) is 0 Å². The second-order valence-corrected chi connectivity index (χ2v) is 6.12. The molecule has 90 valence electrons. The predicted molar refractivity (Wildman–Crippen MR) is 69.5 cm³/mol. The maximum absolute atomic E-state index is 6.49. The van der Waals surface area contributed by atoms with Gasteiger partial charge in [0.2, 0.25) is 0 Å². The number of hydrogen-bond acceptors (Lipinski definition) is 0. The normalized spacial score (nSPS) is 30.2. The molecule has 1 rings (SSSR count). The monoisotopic (exact) mass is 230 g/mol. The summed E-state index contributed by atoms with van der Waals surface area (Å²) < 4.78 is 0. The fourth-order valence-corrected chi connectivity index (χ4v) is 3.22. The van der Waals surface area contributed by atoms with Crippen LogP contribution in [-0.4, -0.2) is 5.38 Å². The van der Waals surface area contributed by atoms with Crippen LogP contribution < -0.4 is 0 Å². The molecule has 1 fully saturated rings. The molecule has 0 nitrogen and oxygen atoms in total. The molecule has 1 aliphatic rings. The van der Waals surface area contributed by atoms with Gasteiger partial charge in [0, 0.05) is 5.38 Å². The Labute approximate surface area is 101 Å². The molecule has 0 aliphatic heterocycles. The Morgan fingerprint density at radius 2 is 1.87 bits per heavy atom. The highest BCUT2D eigenvalue weighted by atomic mass is 35.5. The molecule has 0 aromatic heterocycles. The van der Waals surface area contributed by atoms with E-state index < -0.39 is 0 Å². The van der Waals surface area contributed by atoms with E-state index in [0.717, 1.165) is 11.8 Å². The van der Waals surface area contributed by atoms with Crippen molar-refractivity contribution in [2.75, 3.05) is 0 Å². The maximum atomic E-state index is 6.49. The first-order valence-electron chi connectivity index (χ1n) is 6.79. The van der Waals surface area contributed by atoms with E-state index in [1.807, 2.05) is 0 Å². The molecule has 0 amide bonds. The minimum absolute atomic E-state index is 0.408. The lowest BCUT2D eigenvalue weighted by Crippen LogP contribution is -2.20. The van der Waals surface area contributed by atoms with Gasteiger partial charge >= 0.3 is 0 Å². The van der Waals surface area contributed by atoms with Crippen LogP contribution in [0.25, 0.3) is 0 Å². The molecular formula is C14H27Cl. The first kappa shape index (κ1) is 13.4. The van der Waals surface area contributed by atoms with Crippen molar-refractivity contribution < 1.29 is 0 Å². The van der Waals surface area contributed by atoms with Crippen molar-refractivity contribution in [2.45, 2.75) is 71.1 Å². The molecule has 0 spiro atoms. The maximum Gasteiger partial charge on any atom is 0.0387 e. The Balaban J connectivity index is 2.38. The lowest BCUT2D eigenvalue weighted by atomic mass is 9.89. The van der Waals surface area contributed by atoms with Crippen LogP contribution in [0.4, 0.5) is 0 Å². The third-order valence-corrected chi connectivity index (χ3v) is 4.78. The highest BCUT2D eigenvalue weighted by molar-refractivity contribution is 6.20. The van der Waals surface area contributed by atoms with Gasteiger partial charge in [-0.05, 0) is 30.6 Å². The summed E-state index contributed by atoms with van der Waals surface area (Å²) in [6.07, 6.45) is 9.81. The smallest absolute Gasteiger partial charge is 0.0387 e. The lowest BCUT2D eigenvalue weighted by molar-refractivity contribution is 0.365. The molecule has 0 aromatic carbocycles. The average molecular weight is 231 g/mol. The largest absolute Gasteiger partial charge is 0.122 e. The average Bonchev–Trinajstić information content (AvgIpc) is 2.43. The van der Waals surface area contributed by atoms with Crippen LogP contribution in [-0.2, 0) is 0 Å². The van der Waals surface area contributed by atoms with Crippen molar-refractivity contribution in [1.29, 1.82) is 0 Å². The van der Waals surface area contributed by atoms with Gasteiger partial charge in [-0.1, -0.05) is 52.9 Å². The molecule has 0 aromatic rings. The molecule has 0 radical (unpaired) electrons. The van der Waals surface area contributed by atoms with Gasteiger partial charge in [0.05, 0.1) is 0 Å². The Morgan fingerprint density at radius 1 is 1.13 bits per heavy atom. The molecular weight excluding hydrogens is 204 g/mol. The highest BCUT2D eigenvalue weighted by Gasteiger charge is 2.25. The lowest BCUT2D eigenvalue weighted by Gasteiger charge is -2.23. The number of halogens is 1. The number of hydrogen-bond donors (Lipinski definition) is 0. The van der Waals surface area contributed by atoms with Gasteiger partial charge in [-0.3, -0.25) is 0 Å². The van der Waals surface area contributed by atoms with Crippen LogP contribution in [0.2, 0.25) is 0 Å². The molecule has 0 bridgehead atoms. The summed E-state index contributed by atoms with van der Waals surface area (Å²) in [6, 6.07) is 0. The summed E-state index contributed by atoms with van der Waals surface area (Å²) in [5, 5.41) is 0.408. The Bertz CT molecular complexity index is 165. The summed E-state index contributed by atoms with van der Waals surface area (Å²) in [5.74, 6) is 2.42. The quantitative estimate of drug-likeness (QED) is 0.457. The van der Waals surface area contributed by atoms with Crippen molar-refractivity contribution in [3.05, 3.63) is 0 Å². The minimum atomic E-state index is 0.408. The van der Waals surface area contributed by atoms with Gasteiger partial charge in [-0.25, -0.2) is 0 Å². The van der Waals surface area contributed by atoms with Gasteiger partial charge in [0.15, 0.2) is 0 Å². The van der Waals surface area contributed by atoms with E-state index in [1.165, 1.54) is 44.9 Å². The third kappa shape index (κ3) is 4.34. The van der Waals surface area contributed by atoms with Crippen LogP contribution >= 0.6 is 11.6 Å². The van der Waals surface area contributed by atoms with Gasteiger partial charge < -0.3 is 0 Å². The van der Waals surface area contributed by atoms with E-state index >= 15 is 0 Å². The van der Waals surface area contributed by atoms with Crippen LogP contribution in [0.3, 0.4) is 0 Å². The van der Waals surface area contributed by atoms with E-state index in [0.29, 0.717) is 11.3 Å². The fraction of sp³-hybridized carbons (Fsp3) is 1.00. The molecule has 3 unspecified atom stereocenters. The zero-order valence-electron chi connectivity index (χ0n) is 10.6. The second kappa shape index (κ2) is 6.78. The Kier molecular flexibility index (Phi) is 6.04. The molecule has 0 heterocycles. The van der Waals surface area contributed by atoms with Gasteiger partial charge in [-0.2, -0.15) is 0 Å². The predicted octanol–water partition coefficient (Wildman–Crippen LogP) is 5.25. The molecule has 1 saturated carbocycles. The SMILES string of the molecule is CCCC1CCCC(C(Cl)C(C)C)CC1. The summed E-state index contributed by atoms with van der Waals surface area (Å²) in [7, 11) is 0. The molecule has 0 N–H and O–H groups in total. The Morgan fingerprint density at radius 3 is 2.47 bits per heavy atom. The van der Waals surface area contributed by atoms with Crippen molar-refractivity contribution >= 4 is 11.6 Å².